The van der Waals surface area contributed by atoms with E-state index in [0.717, 1.165) is 71.5 Å². The SMILES string of the molecule is Cc1ccc(C(=O)N2CCCN(c3nc(C)nc(C)c3Cc3ccc(Cl)cc3)CC2)cc1. The van der Waals surface area contributed by atoms with Crippen molar-refractivity contribution in [1.29, 1.82) is 0 Å². The maximum atomic E-state index is 13.0. The molecule has 4 rings (SSSR count). The monoisotopic (exact) mass is 448 g/mol. The molecule has 0 spiro atoms. The quantitative estimate of drug-likeness (QED) is 0.563. The van der Waals surface area contributed by atoms with Gasteiger partial charge in [-0.15, -0.1) is 0 Å². The van der Waals surface area contributed by atoms with E-state index in [0.29, 0.717) is 6.54 Å². The van der Waals surface area contributed by atoms with E-state index in [1.54, 1.807) is 0 Å². The average molecular weight is 449 g/mol. The van der Waals surface area contributed by atoms with Crippen LogP contribution in [0.15, 0.2) is 48.5 Å². The Bertz CT molecular complexity index is 1100. The molecule has 1 amide bonds. The molecule has 0 aliphatic carbocycles. The van der Waals surface area contributed by atoms with E-state index in [1.165, 1.54) is 5.56 Å². The van der Waals surface area contributed by atoms with Crippen molar-refractivity contribution in [2.75, 3.05) is 31.1 Å². The number of carbonyl (C=O) groups excluding carboxylic acids is 1. The molecule has 2 heterocycles. The highest BCUT2D eigenvalue weighted by Gasteiger charge is 2.23. The third-order valence-electron chi connectivity index (χ3n) is 5.98. The van der Waals surface area contributed by atoms with Gasteiger partial charge in [0.25, 0.3) is 5.91 Å². The van der Waals surface area contributed by atoms with Crippen LogP contribution < -0.4 is 4.90 Å². The highest BCUT2D eigenvalue weighted by Crippen LogP contribution is 2.26. The molecule has 1 aromatic heterocycles. The van der Waals surface area contributed by atoms with Crippen LogP contribution in [0.4, 0.5) is 5.82 Å². The van der Waals surface area contributed by atoms with Crippen LogP contribution >= 0.6 is 11.6 Å². The fourth-order valence-electron chi connectivity index (χ4n) is 4.20. The van der Waals surface area contributed by atoms with Crippen LogP contribution in [-0.2, 0) is 6.42 Å². The number of halogens is 1. The first kappa shape index (κ1) is 22.3. The topological polar surface area (TPSA) is 49.3 Å². The van der Waals surface area contributed by atoms with Gasteiger partial charge in [-0.3, -0.25) is 4.79 Å². The van der Waals surface area contributed by atoms with Gasteiger partial charge in [-0.05, 0) is 57.0 Å². The molecule has 6 heteroatoms. The average Bonchev–Trinajstić information content (AvgIpc) is 3.03. The van der Waals surface area contributed by atoms with Crippen molar-refractivity contribution >= 4 is 23.3 Å². The van der Waals surface area contributed by atoms with Crippen LogP contribution in [0.2, 0.25) is 5.02 Å². The fourth-order valence-corrected chi connectivity index (χ4v) is 4.33. The minimum Gasteiger partial charge on any atom is -0.354 e. The zero-order valence-corrected chi connectivity index (χ0v) is 19.7. The minimum absolute atomic E-state index is 0.100. The van der Waals surface area contributed by atoms with Crippen molar-refractivity contribution in [3.8, 4) is 0 Å². The number of aromatic nitrogens is 2. The van der Waals surface area contributed by atoms with Crippen molar-refractivity contribution in [3.05, 3.63) is 87.3 Å². The predicted octanol–water partition coefficient (Wildman–Crippen LogP) is 5.00. The fraction of sp³-hybridized carbons (Fsp3) is 0.346. The molecular weight excluding hydrogens is 420 g/mol. The Morgan fingerprint density at radius 2 is 1.62 bits per heavy atom. The van der Waals surface area contributed by atoms with Crippen LogP contribution in [0, 0.1) is 20.8 Å². The van der Waals surface area contributed by atoms with Gasteiger partial charge in [-0.1, -0.05) is 41.4 Å². The van der Waals surface area contributed by atoms with Gasteiger partial charge in [0.1, 0.15) is 11.6 Å². The first-order valence-corrected chi connectivity index (χ1v) is 11.5. The summed E-state index contributed by atoms with van der Waals surface area (Å²) in [5.74, 6) is 1.85. The molecule has 5 nitrogen and oxygen atoms in total. The molecule has 0 unspecified atom stereocenters. The third-order valence-corrected chi connectivity index (χ3v) is 6.23. The molecule has 1 fully saturated rings. The van der Waals surface area contributed by atoms with Gasteiger partial charge in [0, 0.05) is 54.4 Å². The first-order chi connectivity index (χ1) is 15.4. The summed E-state index contributed by atoms with van der Waals surface area (Å²) in [7, 11) is 0. The largest absolute Gasteiger partial charge is 0.354 e. The van der Waals surface area contributed by atoms with E-state index in [-0.39, 0.29) is 5.91 Å². The van der Waals surface area contributed by atoms with Crippen molar-refractivity contribution in [3.63, 3.8) is 0 Å². The summed E-state index contributed by atoms with van der Waals surface area (Å²) >= 11 is 6.06. The number of amides is 1. The second-order valence-corrected chi connectivity index (χ2v) is 8.90. The Kier molecular flexibility index (Phi) is 6.75. The van der Waals surface area contributed by atoms with Crippen LogP contribution in [-0.4, -0.2) is 47.0 Å². The summed E-state index contributed by atoms with van der Waals surface area (Å²) in [5.41, 5.74) is 5.22. The second kappa shape index (κ2) is 9.70. The number of rotatable bonds is 4. The van der Waals surface area contributed by atoms with E-state index in [1.807, 2.05) is 55.1 Å². The van der Waals surface area contributed by atoms with E-state index in [9.17, 15) is 4.79 Å². The summed E-state index contributed by atoms with van der Waals surface area (Å²) in [4.78, 5) is 26.8. The lowest BCUT2D eigenvalue weighted by molar-refractivity contribution is 0.0767. The van der Waals surface area contributed by atoms with E-state index >= 15 is 0 Å². The smallest absolute Gasteiger partial charge is 0.253 e. The molecule has 166 valence electrons. The molecule has 32 heavy (non-hydrogen) atoms. The number of benzene rings is 2. The number of carbonyl (C=O) groups is 1. The normalized spacial score (nSPS) is 14.4. The first-order valence-electron chi connectivity index (χ1n) is 11.1. The Morgan fingerprint density at radius 3 is 2.34 bits per heavy atom. The second-order valence-electron chi connectivity index (χ2n) is 8.46. The number of hydrogen-bond acceptors (Lipinski definition) is 4. The number of hydrogen-bond donors (Lipinski definition) is 0. The molecule has 0 saturated carbocycles. The van der Waals surface area contributed by atoms with Crippen molar-refractivity contribution in [1.82, 2.24) is 14.9 Å². The zero-order chi connectivity index (χ0) is 22.7. The van der Waals surface area contributed by atoms with E-state index in [4.69, 9.17) is 16.6 Å². The van der Waals surface area contributed by atoms with Crippen LogP contribution in [0.25, 0.3) is 0 Å². The third kappa shape index (κ3) is 5.10. The molecular formula is C26H29ClN4O. The lowest BCUT2D eigenvalue weighted by Gasteiger charge is -2.26. The molecule has 0 bridgehead atoms. The molecule has 0 N–H and O–H groups in total. The van der Waals surface area contributed by atoms with E-state index in [2.05, 4.69) is 28.9 Å². The van der Waals surface area contributed by atoms with Crippen LogP contribution in [0.1, 0.15) is 45.0 Å². The Hall–Kier alpha value is -2.92. The lowest BCUT2D eigenvalue weighted by atomic mass is 10.0. The maximum absolute atomic E-state index is 13.0. The summed E-state index contributed by atoms with van der Waals surface area (Å²) in [6.07, 6.45) is 1.65. The zero-order valence-electron chi connectivity index (χ0n) is 18.9. The maximum Gasteiger partial charge on any atom is 0.253 e. The Morgan fingerprint density at radius 1 is 0.906 bits per heavy atom. The number of anilines is 1. The van der Waals surface area contributed by atoms with Gasteiger partial charge < -0.3 is 9.80 Å². The lowest BCUT2D eigenvalue weighted by Crippen LogP contribution is -2.35. The standard InChI is InChI=1S/C26H29ClN4O/c1-18-5-9-22(10-6-18)26(32)31-14-4-13-30(15-16-31)25-24(19(2)28-20(3)29-25)17-21-7-11-23(27)12-8-21/h5-12H,4,13-17H2,1-3H3. The number of aryl methyl sites for hydroxylation is 3. The van der Waals surface area contributed by atoms with Crippen molar-refractivity contribution in [2.24, 2.45) is 0 Å². The summed E-state index contributed by atoms with van der Waals surface area (Å²) < 4.78 is 0. The molecule has 0 atom stereocenters. The number of nitrogens with zero attached hydrogens (tertiary/aromatic N) is 4. The van der Waals surface area contributed by atoms with Gasteiger partial charge in [0.05, 0.1) is 0 Å². The highest BCUT2D eigenvalue weighted by atomic mass is 35.5. The molecule has 3 aromatic rings. The highest BCUT2D eigenvalue weighted by molar-refractivity contribution is 6.30. The molecule has 2 aromatic carbocycles. The molecule has 1 saturated heterocycles. The van der Waals surface area contributed by atoms with Gasteiger partial charge in [-0.25, -0.2) is 9.97 Å². The van der Waals surface area contributed by atoms with Crippen molar-refractivity contribution in [2.45, 2.75) is 33.6 Å². The Labute approximate surface area is 195 Å². The minimum atomic E-state index is 0.100. The molecule has 1 aliphatic rings. The summed E-state index contributed by atoms with van der Waals surface area (Å²) in [5, 5.41) is 0.733. The van der Waals surface area contributed by atoms with Gasteiger partial charge >= 0.3 is 0 Å². The molecule has 0 radical (unpaired) electrons. The van der Waals surface area contributed by atoms with Gasteiger partial charge in [-0.2, -0.15) is 0 Å². The molecule has 1 aliphatic heterocycles. The van der Waals surface area contributed by atoms with Crippen LogP contribution in [0.5, 0.6) is 0 Å². The van der Waals surface area contributed by atoms with Crippen LogP contribution in [0.3, 0.4) is 0 Å². The summed E-state index contributed by atoms with van der Waals surface area (Å²) in [6, 6.07) is 15.8. The van der Waals surface area contributed by atoms with E-state index < -0.39 is 0 Å². The Balaban J connectivity index is 1.55. The van der Waals surface area contributed by atoms with Gasteiger partial charge in [0.15, 0.2) is 0 Å². The summed E-state index contributed by atoms with van der Waals surface area (Å²) in [6.45, 7) is 9.06. The predicted molar refractivity (Wildman–Crippen MR) is 130 cm³/mol. The van der Waals surface area contributed by atoms with Gasteiger partial charge in [0.2, 0.25) is 0 Å². The van der Waals surface area contributed by atoms with Crippen molar-refractivity contribution < 1.29 is 4.79 Å².